The first kappa shape index (κ1) is 12.9. The predicted octanol–water partition coefficient (Wildman–Crippen LogP) is 2.46. The number of likely N-dealkylation sites (N-methyl/N-ethyl adjacent to an activating group) is 1. The third kappa shape index (κ3) is 4.02. The number of likely N-dealkylation sites (tertiary alicyclic amines) is 1. The molecule has 2 rings (SSSR count). The molecule has 1 aromatic rings. The van der Waals surface area contributed by atoms with Gasteiger partial charge in [0.25, 0.3) is 0 Å². The summed E-state index contributed by atoms with van der Waals surface area (Å²) in [6, 6.07) is 12.0. The van der Waals surface area contributed by atoms with Gasteiger partial charge in [-0.3, -0.25) is 0 Å². The highest BCUT2D eigenvalue weighted by Crippen LogP contribution is 2.17. The Bertz CT molecular complexity index is 318. The highest BCUT2D eigenvalue weighted by Gasteiger charge is 2.24. The highest BCUT2D eigenvalue weighted by molar-refractivity contribution is 7.99. The Kier molecular flexibility index (Phi) is 4.89. The van der Waals surface area contributed by atoms with Crippen molar-refractivity contribution in [1.82, 2.24) is 10.2 Å². The van der Waals surface area contributed by atoms with Crippen molar-refractivity contribution < 1.29 is 0 Å². The number of benzene rings is 1. The molecule has 1 heterocycles. The van der Waals surface area contributed by atoms with Gasteiger partial charge in [-0.1, -0.05) is 18.2 Å². The molecule has 0 spiro atoms. The van der Waals surface area contributed by atoms with E-state index in [1.54, 1.807) is 0 Å². The fraction of sp³-hybridized carbons (Fsp3) is 0.571. The lowest BCUT2D eigenvalue weighted by Crippen LogP contribution is -2.33. The zero-order valence-electron chi connectivity index (χ0n) is 10.7. The molecule has 1 aromatic carbocycles. The molecule has 0 aromatic heterocycles. The predicted molar refractivity (Wildman–Crippen MR) is 75.7 cm³/mol. The van der Waals surface area contributed by atoms with Crippen molar-refractivity contribution in [2.45, 2.75) is 30.3 Å². The monoisotopic (exact) mass is 250 g/mol. The molecule has 0 radical (unpaired) electrons. The number of thioether (sulfide) groups is 1. The van der Waals surface area contributed by atoms with Crippen LogP contribution in [-0.2, 0) is 0 Å². The third-order valence-electron chi connectivity index (χ3n) is 3.43. The van der Waals surface area contributed by atoms with Crippen molar-refractivity contribution in [3.05, 3.63) is 30.3 Å². The van der Waals surface area contributed by atoms with Crippen LogP contribution in [0.4, 0.5) is 0 Å². The molecular weight excluding hydrogens is 228 g/mol. The number of nitrogens with one attached hydrogen (secondary N) is 1. The molecule has 2 atom stereocenters. The Labute approximate surface area is 109 Å². The summed E-state index contributed by atoms with van der Waals surface area (Å²) in [5.41, 5.74) is 0. The molecule has 1 aliphatic heterocycles. The average Bonchev–Trinajstić information content (AvgIpc) is 2.66. The molecule has 0 amide bonds. The van der Waals surface area contributed by atoms with Crippen molar-refractivity contribution in [1.29, 1.82) is 0 Å². The van der Waals surface area contributed by atoms with Gasteiger partial charge >= 0.3 is 0 Å². The van der Waals surface area contributed by atoms with E-state index in [0.717, 1.165) is 18.3 Å². The molecule has 0 aliphatic carbocycles. The summed E-state index contributed by atoms with van der Waals surface area (Å²) in [5.74, 6) is 1.15. The van der Waals surface area contributed by atoms with E-state index in [-0.39, 0.29) is 0 Å². The Hall–Kier alpha value is -0.510. The zero-order valence-corrected chi connectivity index (χ0v) is 11.5. The van der Waals surface area contributed by atoms with Crippen LogP contribution in [0.3, 0.4) is 0 Å². The lowest BCUT2D eigenvalue weighted by molar-refractivity contribution is 0.327. The topological polar surface area (TPSA) is 15.3 Å². The van der Waals surface area contributed by atoms with Crippen LogP contribution in [0.2, 0.25) is 0 Å². The van der Waals surface area contributed by atoms with E-state index in [9.17, 15) is 0 Å². The van der Waals surface area contributed by atoms with E-state index < -0.39 is 0 Å². The zero-order chi connectivity index (χ0) is 12.1. The summed E-state index contributed by atoms with van der Waals surface area (Å²) >= 11 is 1.93. The van der Waals surface area contributed by atoms with Gasteiger partial charge < -0.3 is 10.2 Å². The van der Waals surface area contributed by atoms with Gasteiger partial charge in [0, 0.05) is 35.8 Å². The molecule has 1 fully saturated rings. The summed E-state index contributed by atoms with van der Waals surface area (Å²) in [4.78, 5) is 3.80. The Morgan fingerprint density at radius 1 is 1.35 bits per heavy atom. The van der Waals surface area contributed by atoms with Crippen molar-refractivity contribution in [2.24, 2.45) is 0 Å². The Morgan fingerprint density at radius 3 is 2.76 bits per heavy atom. The second-order valence-corrected chi connectivity index (χ2v) is 6.01. The fourth-order valence-corrected chi connectivity index (χ4v) is 3.10. The van der Waals surface area contributed by atoms with Gasteiger partial charge in [0.1, 0.15) is 0 Å². The van der Waals surface area contributed by atoms with Crippen molar-refractivity contribution in [2.75, 3.05) is 25.9 Å². The van der Waals surface area contributed by atoms with Crippen LogP contribution in [0.5, 0.6) is 0 Å². The standard InChI is InChI=1S/C14H22N2S/c1-12-10-13(11-16(12)2)15-8-9-17-14-6-4-3-5-7-14/h3-7,12-13,15H,8-11H2,1-2H3. The number of nitrogens with zero attached hydrogens (tertiary/aromatic N) is 1. The summed E-state index contributed by atoms with van der Waals surface area (Å²) in [5, 5.41) is 3.65. The van der Waals surface area contributed by atoms with Crippen molar-refractivity contribution in [3.63, 3.8) is 0 Å². The van der Waals surface area contributed by atoms with E-state index in [4.69, 9.17) is 0 Å². The maximum Gasteiger partial charge on any atom is 0.0210 e. The second-order valence-electron chi connectivity index (χ2n) is 4.84. The van der Waals surface area contributed by atoms with Gasteiger partial charge in [0.15, 0.2) is 0 Å². The van der Waals surface area contributed by atoms with Gasteiger partial charge in [-0.05, 0) is 32.5 Å². The minimum Gasteiger partial charge on any atom is -0.312 e. The lowest BCUT2D eigenvalue weighted by Gasteiger charge is -2.13. The quantitative estimate of drug-likeness (QED) is 0.638. The summed E-state index contributed by atoms with van der Waals surface area (Å²) in [7, 11) is 2.21. The first-order valence-electron chi connectivity index (χ1n) is 6.37. The van der Waals surface area contributed by atoms with Crippen LogP contribution < -0.4 is 5.32 Å². The molecule has 94 valence electrons. The fourth-order valence-electron chi connectivity index (χ4n) is 2.29. The van der Waals surface area contributed by atoms with E-state index >= 15 is 0 Å². The molecule has 2 nitrogen and oxygen atoms in total. The molecule has 2 unspecified atom stereocenters. The maximum atomic E-state index is 3.65. The van der Waals surface area contributed by atoms with Crippen LogP contribution in [-0.4, -0.2) is 42.9 Å². The molecule has 0 bridgehead atoms. The number of hydrogen-bond acceptors (Lipinski definition) is 3. The van der Waals surface area contributed by atoms with Crippen LogP contribution >= 0.6 is 11.8 Å². The Morgan fingerprint density at radius 2 is 2.12 bits per heavy atom. The smallest absolute Gasteiger partial charge is 0.0210 e. The maximum absolute atomic E-state index is 3.65. The second kappa shape index (κ2) is 6.43. The first-order valence-corrected chi connectivity index (χ1v) is 7.36. The highest BCUT2D eigenvalue weighted by atomic mass is 32.2. The van der Waals surface area contributed by atoms with Crippen LogP contribution in [0.25, 0.3) is 0 Å². The number of rotatable bonds is 5. The molecule has 0 saturated carbocycles. The molecule has 1 N–H and O–H groups in total. The average molecular weight is 250 g/mol. The van der Waals surface area contributed by atoms with Gasteiger partial charge in [-0.15, -0.1) is 11.8 Å². The van der Waals surface area contributed by atoms with E-state index in [1.165, 1.54) is 17.9 Å². The van der Waals surface area contributed by atoms with E-state index in [2.05, 4.69) is 54.5 Å². The largest absolute Gasteiger partial charge is 0.312 e. The van der Waals surface area contributed by atoms with E-state index in [0.29, 0.717) is 6.04 Å². The van der Waals surface area contributed by atoms with Crippen molar-refractivity contribution >= 4 is 11.8 Å². The van der Waals surface area contributed by atoms with Gasteiger partial charge in [-0.2, -0.15) is 0 Å². The summed E-state index contributed by atoms with van der Waals surface area (Å²) < 4.78 is 0. The molecule has 3 heteroatoms. The molecule has 1 saturated heterocycles. The normalized spacial score (nSPS) is 25.3. The van der Waals surface area contributed by atoms with Gasteiger partial charge in [0.05, 0.1) is 0 Å². The summed E-state index contributed by atoms with van der Waals surface area (Å²) in [6.07, 6.45) is 1.28. The van der Waals surface area contributed by atoms with Crippen molar-refractivity contribution in [3.8, 4) is 0 Å². The van der Waals surface area contributed by atoms with Crippen LogP contribution in [0, 0.1) is 0 Å². The minimum absolute atomic E-state index is 0.686. The third-order valence-corrected chi connectivity index (χ3v) is 4.45. The van der Waals surface area contributed by atoms with Gasteiger partial charge in [0.2, 0.25) is 0 Å². The molecule has 17 heavy (non-hydrogen) atoms. The summed E-state index contributed by atoms with van der Waals surface area (Å²) in [6.45, 7) is 4.60. The van der Waals surface area contributed by atoms with Crippen LogP contribution in [0.15, 0.2) is 35.2 Å². The minimum atomic E-state index is 0.686. The van der Waals surface area contributed by atoms with Crippen LogP contribution in [0.1, 0.15) is 13.3 Å². The molecule has 1 aliphatic rings. The molecular formula is C14H22N2S. The number of hydrogen-bond donors (Lipinski definition) is 1. The lowest BCUT2D eigenvalue weighted by atomic mass is 10.2. The first-order chi connectivity index (χ1) is 8.25. The Balaban J connectivity index is 1.61. The van der Waals surface area contributed by atoms with E-state index in [1.807, 2.05) is 11.8 Å². The SMILES string of the molecule is CC1CC(NCCSc2ccccc2)CN1C. The van der Waals surface area contributed by atoms with Gasteiger partial charge in [-0.25, -0.2) is 0 Å².